The second-order valence-electron chi connectivity index (χ2n) is 19.6. The van der Waals surface area contributed by atoms with Crippen molar-refractivity contribution in [2.24, 2.45) is 0 Å². The van der Waals surface area contributed by atoms with Crippen LogP contribution >= 0.6 is 0 Å². The summed E-state index contributed by atoms with van der Waals surface area (Å²) in [5.41, 5.74) is 23.1. The minimum atomic E-state index is 1.10. The second-order valence-corrected chi connectivity index (χ2v) is 19.6. The molecule has 0 saturated carbocycles. The molecule has 0 bridgehead atoms. The lowest BCUT2D eigenvalue weighted by Crippen LogP contribution is -2.09. The van der Waals surface area contributed by atoms with E-state index >= 15 is 0 Å². The summed E-state index contributed by atoms with van der Waals surface area (Å²) < 4.78 is 0. The van der Waals surface area contributed by atoms with Gasteiger partial charge in [-0.1, -0.05) is 254 Å². The van der Waals surface area contributed by atoms with Gasteiger partial charge in [0.1, 0.15) is 0 Å². The number of anilines is 6. The lowest BCUT2D eigenvalue weighted by molar-refractivity contribution is 1.27. The molecule has 0 heterocycles. The van der Waals surface area contributed by atoms with Crippen LogP contribution in [-0.4, -0.2) is 0 Å². The lowest BCUT2D eigenvalue weighted by atomic mass is 9.95. The van der Waals surface area contributed by atoms with Gasteiger partial charge in [-0.15, -0.1) is 0 Å². The summed E-state index contributed by atoms with van der Waals surface area (Å²) in [6, 6.07) is 104. The number of rotatable bonds is 16. The maximum atomic E-state index is 2.32. The molecule has 0 saturated heterocycles. The number of hydrogen-bond donors (Lipinski definition) is 0. The van der Waals surface area contributed by atoms with Crippen LogP contribution in [0.1, 0.15) is 66.8 Å². The quantitative estimate of drug-likeness (QED) is 0.0890. The number of benzene rings is 11. The van der Waals surface area contributed by atoms with Crippen LogP contribution in [0.3, 0.4) is 0 Å². The summed E-state index contributed by atoms with van der Waals surface area (Å²) in [4.78, 5) is 4.65. The van der Waals surface area contributed by atoms with Gasteiger partial charge in [0.2, 0.25) is 0 Å². The van der Waals surface area contributed by atoms with E-state index in [1.807, 2.05) is 0 Å². The Balaban J connectivity index is 0.767. The molecule has 0 amide bonds. The Labute approximate surface area is 460 Å². The third-order valence-electron chi connectivity index (χ3n) is 14.0. The molecule has 0 spiro atoms. The second kappa shape index (κ2) is 24.1. The summed E-state index contributed by atoms with van der Waals surface area (Å²) in [7, 11) is 0. The topological polar surface area (TPSA) is 6.48 Å². The molecule has 0 aliphatic rings. The molecular weight excluding hydrogens is 941 g/mol. The average Bonchev–Trinajstić information content (AvgIpc) is 3.54. The van der Waals surface area contributed by atoms with Crippen molar-refractivity contribution in [3.8, 4) is 0 Å². The van der Waals surface area contributed by atoms with E-state index in [9.17, 15) is 0 Å². The first-order valence-electron chi connectivity index (χ1n) is 26.7. The minimum absolute atomic E-state index is 1.10. The van der Waals surface area contributed by atoms with Crippen molar-refractivity contribution in [2.45, 2.75) is 13.8 Å². The van der Waals surface area contributed by atoms with Gasteiger partial charge >= 0.3 is 0 Å². The van der Waals surface area contributed by atoms with Gasteiger partial charge in [-0.2, -0.15) is 0 Å². The SMILES string of the molecule is Cc1ccc(N(c2ccc(C=Cc3ccc(C=Cc4ccc(N(c5ccc(C)cc5)c5ccc(C=C(c6ccccc6)c6ccccc6)cc5)cc4)cc3)cc2)c2ccc(C=C(c3ccccc3)c3ccccc3)cc2)cc1. The summed E-state index contributed by atoms with van der Waals surface area (Å²) in [5, 5.41) is 0. The van der Waals surface area contributed by atoms with Crippen molar-refractivity contribution < 1.29 is 0 Å². The molecule has 2 nitrogen and oxygen atoms in total. The molecule has 78 heavy (non-hydrogen) atoms. The lowest BCUT2D eigenvalue weighted by Gasteiger charge is -2.26. The van der Waals surface area contributed by atoms with Crippen molar-refractivity contribution in [2.75, 3.05) is 9.80 Å². The van der Waals surface area contributed by atoms with Crippen molar-refractivity contribution >= 4 is 81.7 Å². The number of hydrogen-bond acceptors (Lipinski definition) is 2. The normalized spacial score (nSPS) is 11.1. The first-order chi connectivity index (χ1) is 38.5. The molecule has 0 N–H and O–H groups in total. The molecule has 0 aliphatic carbocycles. The fourth-order valence-electron chi connectivity index (χ4n) is 9.76. The zero-order valence-electron chi connectivity index (χ0n) is 44.1. The monoisotopic (exact) mass is 1000 g/mol. The van der Waals surface area contributed by atoms with Crippen LogP contribution in [0.5, 0.6) is 0 Å². The molecule has 0 aliphatic heterocycles. The van der Waals surface area contributed by atoms with Crippen molar-refractivity contribution in [1.29, 1.82) is 0 Å². The predicted octanol–water partition coefficient (Wildman–Crippen LogP) is 20.8. The van der Waals surface area contributed by atoms with Crippen LogP contribution in [0, 0.1) is 13.8 Å². The molecular formula is C76H60N2. The zero-order valence-corrected chi connectivity index (χ0v) is 44.1. The Kier molecular flexibility index (Phi) is 15.5. The summed E-state index contributed by atoms with van der Waals surface area (Å²) in [6.45, 7) is 4.26. The number of nitrogens with zero attached hydrogens (tertiary/aromatic N) is 2. The maximum absolute atomic E-state index is 2.32. The fraction of sp³-hybridized carbons (Fsp3) is 0.0263. The standard InChI is InChI=1S/C76H60N2/c1-57-23-43-69(44-24-57)77(73-51-39-63(40-52-73)55-75(65-15-7-3-8-16-65)66-17-9-4-10-18-66)71-47-35-61(36-48-71)33-31-59-27-29-60(30-28-59)32-34-62-37-49-72(50-38-62)78(70-45-25-58(2)26-46-70)74-53-41-64(42-54-74)56-76(67-19-11-5-12-20-67)68-21-13-6-14-22-68/h3-56H,1-2H3. The van der Waals surface area contributed by atoms with Crippen molar-refractivity contribution in [1.82, 2.24) is 0 Å². The van der Waals surface area contributed by atoms with E-state index in [4.69, 9.17) is 0 Å². The minimum Gasteiger partial charge on any atom is -0.311 e. The highest BCUT2D eigenvalue weighted by Gasteiger charge is 2.15. The molecule has 11 rings (SSSR count). The van der Waals surface area contributed by atoms with E-state index < -0.39 is 0 Å². The largest absolute Gasteiger partial charge is 0.311 e. The van der Waals surface area contributed by atoms with Gasteiger partial charge in [0, 0.05) is 34.1 Å². The molecule has 0 atom stereocenters. The van der Waals surface area contributed by atoms with Crippen molar-refractivity contribution in [3.63, 3.8) is 0 Å². The molecule has 0 aromatic heterocycles. The Bertz CT molecular complexity index is 3460. The molecule has 11 aromatic carbocycles. The molecule has 0 fully saturated rings. The third-order valence-corrected chi connectivity index (χ3v) is 14.0. The summed E-state index contributed by atoms with van der Waals surface area (Å²) >= 11 is 0. The molecule has 0 unspecified atom stereocenters. The van der Waals surface area contributed by atoms with Crippen LogP contribution in [0.4, 0.5) is 34.1 Å². The number of aryl methyl sites for hydroxylation is 2. The zero-order chi connectivity index (χ0) is 52.9. The predicted molar refractivity (Wildman–Crippen MR) is 336 cm³/mol. The smallest absolute Gasteiger partial charge is 0.0462 e. The van der Waals surface area contributed by atoms with Gasteiger partial charge < -0.3 is 9.80 Å². The highest BCUT2D eigenvalue weighted by Crippen LogP contribution is 2.38. The molecule has 0 radical (unpaired) electrons. The van der Waals surface area contributed by atoms with Crippen molar-refractivity contribution in [3.05, 3.63) is 358 Å². The van der Waals surface area contributed by atoms with E-state index in [1.54, 1.807) is 0 Å². The molecule has 11 aromatic rings. The molecule has 374 valence electrons. The van der Waals surface area contributed by atoms with Gasteiger partial charge in [0.05, 0.1) is 0 Å². The molecule has 2 heteroatoms. The Hall–Kier alpha value is -10.0. The van der Waals surface area contributed by atoms with Crippen LogP contribution in [0.25, 0.3) is 47.6 Å². The van der Waals surface area contributed by atoms with Gasteiger partial charge in [0.15, 0.2) is 0 Å². The van der Waals surface area contributed by atoms with Crippen LogP contribution < -0.4 is 9.80 Å². The average molecular weight is 1000 g/mol. The van der Waals surface area contributed by atoms with Crippen LogP contribution in [0.2, 0.25) is 0 Å². The highest BCUT2D eigenvalue weighted by molar-refractivity contribution is 5.93. The van der Waals surface area contributed by atoms with Gasteiger partial charge in [-0.05, 0) is 166 Å². The van der Waals surface area contributed by atoms with Crippen LogP contribution in [0.15, 0.2) is 291 Å². The first-order valence-corrected chi connectivity index (χ1v) is 26.7. The Morgan fingerprint density at radius 2 is 0.410 bits per heavy atom. The fourth-order valence-corrected chi connectivity index (χ4v) is 9.76. The van der Waals surface area contributed by atoms with E-state index in [-0.39, 0.29) is 0 Å². The first kappa shape index (κ1) is 50.2. The van der Waals surface area contributed by atoms with E-state index in [0.717, 1.165) is 67.5 Å². The van der Waals surface area contributed by atoms with E-state index in [1.165, 1.54) is 44.5 Å². The van der Waals surface area contributed by atoms with E-state index in [2.05, 4.69) is 351 Å². The Morgan fingerprint density at radius 1 is 0.218 bits per heavy atom. The summed E-state index contributed by atoms with van der Waals surface area (Å²) in [5.74, 6) is 0. The van der Waals surface area contributed by atoms with Gasteiger partial charge in [-0.3, -0.25) is 0 Å². The van der Waals surface area contributed by atoms with Crippen LogP contribution in [-0.2, 0) is 0 Å². The van der Waals surface area contributed by atoms with Gasteiger partial charge in [0.25, 0.3) is 0 Å². The maximum Gasteiger partial charge on any atom is 0.0462 e. The van der Waals surface area contributed by atoms with E-state index in [0.29, 0.717) is 0 Å². The highest BCUT2D eigenvalue weighted by atomic mass is 15.1. The summed E-state index contributed by atoms with van der Waals surface area (Å²) in [6.07, 6.45) is 13.3. The Morgan fingerprint density at radius 3 is 0.641 bits per heavy atom. The third kappa shape index (κ3) is 12.4. The van der Waals surface area contributed by atoms with Gasteiger partial charge in [-0.25, -0.2) is 0 Å².